The first-order valence-corrected chi connectivity index (χ1v) is 4.24. The van der Waals surface area contributed by atoms with Crippen molar-refractivity contribution in [3.8, 4) is 0 Å². The molecule has 1 nitrogen and oxygen atoms in total. The summed E-state index contributed by atoms with van der Waals surface area (Å²) < 4.78 is 37.1. The fourth-order valence-electron chi connectivity index (χ4n) is 0.994. The van der Waals surface area contributed by atoms with Gasteiger partial charge in [-0.2, -0.15) is 13.2 Å². The van der Waals surface area contributed by atoms with Crippen LogP contribution in [0.5, 0.6) is 0 Å². The molecule has 0 spiro atoms. The molecule has 0 saturated heterocycles. The summed E-state index contributed by atoms with van der Waals surface area (Å²) in [6.45, 7) is 0. The summed E-state index contributed by atoms with van der Waals surface area (Å²) in [6.07, 6.45) is -0.840. The van der Waals surface area contributed by atoms with E-state index in [2.05, 4.69) is 0 Å². The van der Waals surface area contributed by atoms with Crippen LogP contribution in [0.15, 0.2) is 24.3 Å². The maximum absolute atomic E-state index is 12.4. The van der Waals surface area contributed by atoms with Crippen LogP contribution in [0.25, 0.3) is 6.08 Å². The molecule has 1 aromatic rings. The van der Waals surface area contributed by atoms with Crippen molar-refractivity contribution >= 4 is 24.0 Å². The van der Waals surface area contributed by atoms with Gasteiger partial charge in [0.1, 0.15) is 0 Å². The van der Waals surface area contributed by atoms with Crippen molar-refractivity contribution in [1.29, 1.82) is 0 Å². The van der Waals surface area contributed by atoms with E-state index >= 15 is 0 Å². The zero-order valence-corrected chi connectivity index (χ0v) is 8.06. The molecule has 15 heavy (non-hydrogen) atoms. The van der Waals surface area contributed by atoms with Crippen molar-refractivity contribution in [2.24, 2.45) is 0 Å². The molecule has 0 aliphatic rings. The molecule has 0 amide bonds. The van der Waals surface area contributed by atoms with Gasteiger partial charge >= 0.3 is 6.18 Å². The number of halogens is 4. The molecule has 0 fully saturated rings. The van der Waals surface area contributed by atoms with Gasteiger partial charge in [-0.1, -0.05) is 23.7 Å². The van der Waals surface area contributed by atoms with Crippen LogP contribution in [-0.2, 0) is 11.0 Å². The largest absolute Gasteiger partial charge is 0.417 e. The minimum absolute atomic E-state index is 0.245. The van der Waals surface area contributed by atoms with Gasteiger partial charge in [0, 0.05) is 0 Å². The Balaban J connectivity index is 3.17. The fourth-order valence-corrected chi connectivity index (χ4v) is 1.22. The maximum atomic E-state index is 12.4. The second kappa shape index (κ2) is 4.49. The fraction of sp³-hybridized carbons (Fsp3) is 0.100. The van der Waals surface area contributed by atoms with E-state index in [4.69, 9.17) is 11.6 Å². The van der Waals surface area contributed by atoms with Crippen molar-refractivity contribution in [3.63, 3.8) is 0 Å². The van der Waals surface area contributed by atoms with Gasteiger partial charge in [0.25, 0.3) is 0 Å². The van der Waals surface area contributed by atoms with Crippen LogP contribution >= 0.6 is 11.6 Å². The molecular weight excluding hydrogens is 229 g/mol. The zero-order valence-electron chi connectivity index (χ0n) is 7.31. The second-order valence-electron chi connectivity index (χ2n) is 2.69. The molecule has 1 radical (unpaired) electrons. The van der Waals surface area contributed by atoms with E-state index in [-0.39, 0.29) is 10.6 Å². The Morgan fingerprint density at radius 1 is 1.33 bits per heavy atom. The third-order valence-electron chi connectivity index (χ3n) is 1.64. The molecule has 79 valence electrons. The SMILES string of the molecule is O=[C]/C=C/c1ccc(Cl)c(C(F)(F)F)c1. The highest BCUT2D eigenvalue weighted by atomic mass is 35.5. The molecular formula is C10H5ClF3O. The first-order valence-electron chi connectivity index (χ1n) is 3.86. The van der Waals surface area contributed by atoms with Gasteiger partial charge in [-0.05, 0) is 23.8 Å². The van der Waals surface area contributed by atoms with E-state index in [0.29, 0.717) is 0 Å². The van der Waals surface area contributed by atoms with Crippen LogP contribution in [0.3, 0.4) is 0 Å². The molecule has 0 aromatic heterocycles. The molecule has 0 heterocycles. The van der Waals surface area contributed by atoms with Gasteiger partial charge in [-0.15, -0.1) is 0 Å². The van der Waals surface area contributed by atoms with Crippen molar-refractivity contribution < 1.29 is 18.0 Å². The molecule has 0 saturated carbocycles. The lowest BCUT2D eigenvalue weighted by atomic mass is 10.1. The van der Waals surface area contributed by atoms with E-state index < -0.39 is 11.7 Å². The topological polar surface area (TPSA) is 17.1 Å². The molecule has 1 rings (SSSR count). The third-order valence-corrected chi connectivity index (χ3v) is 1.97. The van der Waals surface area contributed by atoms with Crippen LogP contribution in [0.1, 0.15) is 11.1 Å². The van der Waals surface area contributed by atoms with Crippen LogP contribution in [-0.4, -0.2) is 6.29 Å². The number of benzene rings is 1. The minimum atomic E-state index is -4.49. The van der Waals surface area contributed by atoms with Gasteiger partial charge in [0.2, 0.25) is 6.29 Å². The molecule has 0 bridgehead atoms. The molecule has 5 heteroatoms. The Hall–Kier alpha value is -1.29. The van der Waals surface area contributed by atoms with Gasteiger partial charge in [-0.25, -0.2) is 0 Å². The standard InChI is InChI=1S/C10H5ClF3O/c11-9-4-3-7(2-1-5-15)6-8(9)10(12,13)14/h1-4,6H/b2-1+. The van der Waals surface area contributed by atoms with Gasteiger partial charge in [0.15, 0.2) is 0 Å². The monoisotopic (exact) mass is 233 g/mol. The van der Waals surface area contributed by atoms with E-state index in [1.807, 2.05) is 0 Å². The number of hydrogen-bond donors (Lipinski definition) is 0. The number of alkyl halides is 3. The lowest BCUT2D eigenvalue weighted by Crippen LogP contribution is -2.05. The van der Waals surface area contributed by atoms with Gasteiger partial charge < -0.3 is 0 Å². The van der Waals surface area contributed by atoms with Crippen molar-refractivity contribution in [1.82, 2.24) is 0 Å². The first kappa shape index (κ1) is 11.8. The second-order valence-corrected chi connectivity index (χ2v) is 3.10. The summed E-state index contributed by atoms with van der Waals surface area (Å²) in [4.78, 5) is 9.87. The summed E-state index contributed by atoms with van der Waals surface area (Å²) in [6, 6.07) is 3.39. The predicted octanol–water partition coefficient (Wildman–Crippen LogP) is 3.48. The average Bonchev–Trinajstić information content (AvgIpc) is 2.15. The lowest BCUT2D eigenvalue weighted by Gasteiger charge is -2.09. The summed E-state index contributed by atoms with van der Waals surface area (Å²) in [7, 11) is 0. The van der Waals surface area contributed by atoms with Crippen molar-refractivity contribution in [2.45, 2.75) is 6.18 Å². The van der Waals surface area contributed by atoms with Gasteiger partial charge in [-0.3, -0.25) is 4.79 Å². The number of hydrogen-bond acceptors (Lipinski definition) is 1. The highest BCUT2D eigenvalue weighted by Crippen LogP contribution is 2.35. The number of rotatable bonds is 2. The van der Waals surface area contributed by atoms with Crippen LogP contribution in [0.2, 0.25) is 5.02 Å². The lowest BCUT2D eigenvalue weighted by molar-refractivity contribution is -0.137. The smallest absolute Gasteiger partial charge is 0.286 e. The molecule has 0 aliphatic heterocycles. The first-order chi connectivity index (χ1) is 6.95. The molecule has 1 aromatic carbocycles. The Morgan fingerprint density at radius 2 is 2.00 bits per heavy atom. The highest BCUT2D eigenvalue weighted by Gasteiger charge is 2.33. The van der Waals surface area contributed by atoms with Crippen molar-refractivity contribution in [2.75, 3.05) is 0 Å². The van der Waals surface area contributed by atoms with E-state index in [1.54, 1.807) is 0 Å². The summed E-state index contributed by atoms with van der Waals surface area (Å²) in [5, 5.41) is -0.366. The number of allylic oxidation sites excluding steroid dienone is 1. The van der Waals surface area contributed by atoms with Crippen LogP contribution in [0.4, 0.5) is 13.2 Å². The molecule has 0 N–H and O–H groups in total. The van der Waals surface area contributed by atoms with E-state index in [1.165, 1.54) is 18.4 Å². The Labute approximate surface area is 89.2 Å². The predicted molar refractivity (Wildman–Crippen MR) is 51.2 cm³/mol. The third kappa shape index (κ3) is 3.09. The quantitative estimate of drug-likeness (QED) is 0.715. The van der Waals surface area contributed by atoms with Crippen LogP contribution in [0, 0.1) is 0 Å². The maximum Gasteiger partial charge on any atom is 0.417 e. The average molecular weight is 234 g/mol. The summed E-state index contributed by atoms with van der Waals surface area (Å²) in [5.41, 5.74) is -0.674. The Bertz CT molecular complexity index is 396. The molecule has 0 unspecified atom stereocenters. The van der Waals surface area contributed by atoms with E-state index in [0.717, 1.165) is 18.2 Å². The Morgan fingerprint density at radius 3 is 2.53 bits per heavy atom. The van der Waals surface area contributed by atoms with Crippen molar-refractivity contribution in [3.05, 3.63) is 40.4 Å². The van der Waals surface area contributed by atoms with Gasteiger partial charge in [0.05, 0.1) is 10.6 Å². The molecule has 0 atom stereocenters. The summed E-state index contributed by atoms with van der Waals surface area (Å²) in [5.74, 6) is 0. The summed E-state index contributed by atoms with van der Waals surface area (Å²) >= 11 is 5.39. The van der Waals surface area contributed by atoms with Crippen LogP contribution < -0.4 is 0 Å². The van der Waals surface area contributed by atoms with E-state index in [9.17, 15) is 18.0 Å². The molecule has 0 aliphatic carbocycles. The highest BCUT2D eigenvalue weighted by molar-refractivity contribution is 6.31. The normalized spacial score (nSPS) is 12.0. The zero-order chi connectivity index (χ0) is 11.5. The number of carbonyl (C=O) groups excluding carboxylic acids is 1. The minimum Gasteiger partial charge on any atom is -0.286 e. The Kier molecular flexibility index (Phi) is 3.52.